The first-order chi connectivity index (χ1) is 30.7. The van der Waals surface area contributed by atoms with Gasteiger partial charge in [-0.25, -0.2) is 0 Å². The second-order valence-electron chi connectivity index (χ2n) is 20.5. The normalized spacial score (nSPS) is 12.0. The lowest BCUT2D eigenvalue weighted by molar-refractivity contribution is -0.167. The summed E-state index contributed by atoms with van der Waals surface area (Å²) in [6.45, 7) is 11.4. The maximum Gasteiger partial charge on any atom is 0.306 e. The predicted octanol–water partition coefficient (Wildman–Crippen LogP) is 18.5. The molecule has 0 N–H and O–H groups in total. The van der Waals surface area contributed by atoms with Gasteiger partial charge in [-0.15, -0.1) is 0 Å². The lowest BCUT2D eigenvalue weighted by atomic mass is 10.0. The Morgan fingerprint density at radius 3 is 0.778 bits per heavy atom. The van der Waals surface area contributed by atoms with Crippen LogP contribution in [-0.4, -0.2) is 37.2 Å². The molecule has 0 heterocycles. The van der Waals surface area contributed by atoms with Gasteiger partial charge in [-0.05, 0) is 31.1 Å². The van der Waals surface area contributed by atoms with Crippen LogP contribution < -0.4 is 0 Å². The van der Waals surface area contributed by atoms with E-state index < -0.39 is 6.10 Å². The van der Waals surface area contributed by atoms with E-state index in [0.717, 1.165) is 69.6 Å². The van der Waals surface area contributed by atoms with E-state index in [-0.39, 0.29) is 31.1 Å². The van der Waals surface area contributed by atoms with Crippen LogP contribution in [0.25, 0.3) is 0 Å². The van der Waals surface area contributed by atoms with Crippen molar-refractivity contribution >= 4 is 17.9 Å². The molecule has 0 aromatic carbocycles. The topological polar surface area (TPSA) is 78.9 Å². The van der Waals surface area contributed by atoms with Crippen LogP contribution in [0.4, 0.5) is 0 Å². The quantitative estimate of drug-likeness (QED) is 0.0344. The molecule has 0 saturated carbocycles. The van der Waals surface area contributed by atoms with E-state index in [1.165, 1.54) is 205 Å². The monoisotopic (exact) mass is 891 g/mol. The highest BCUT2D eigenvalue weighted by molar-refractivity contribution is 5.71. The number of hydrogen-bond donors (Lipinski definition) is 0. The molecule has 0 saturated heterocycles. The molecule has 63 heavy (non-hydrogen) atoms. The molecule has 0 fully saturated rings. The highest BCUT2D eigenvalue weighted by Crippen LogP contribution is 2.18. The summed E-state index contributed by atoms with van der Waals surface area (Å²) in [6, 6.07) is 0. The van der Waals surface area contributed by atoms with E-state index in [9.17, 15) is 14.4 Å². The minimum Gasteiger partial charge on any atom is -0.462 e. The second-order valence-corrected chi connectivity index (χ2v) is 20.5. The number of esters is 3. The summed E-state index contributed by atoms with van der Waals surface area (Å²) in [5, 5.41) is 0. The highest BCUT2D eigenvalue weighted by atomic mass is 16.6. The van der Waals surface area contributed by atoms with Gasteiger partial charge in [0.2, 0.25) is 0 Å². The SMILES string of the molecule is CCCCCCCCCCCCCCCC(=O)OC[C@@H](COC(=O)CCCCCCCCCCCCCCCCCC(C)C)OC(=O)CCCCCCCCCCCCCC(C)C. The Morgan fingerprint density at radius 2 is 0.524 bits per heavy atom. The summed E-state index contributed by atoms with van der Waals surface area (Å²) in [5.74, 6) is 0.833. The van der Waals surface area contributed by atoms with Gasteiger partial charge in [-0.1, -0.05) is 279 Å². The molecule has 0 rings (SSSR count). The minimum absolute atomic E-state index is 0.0629. The third-order valence-electron chi connectivity index (χ3n) is 13.0. The van der Waals surface area contributed by atoms with Gasteiger partial charge < -0.3 is 14.2 Å². The van der Waals surface area contributed by atoms with Gasteiger partial charge in [-0.2, -0.15) is 0 Å². The fourth-order valence-corrected chi connectivity index (χ4v) is 8.70. The Balaban J connectivity index is 4.28. The molecule has 1 atom stereocenters. The van der Waals surface area contributed by atoms with Gasteiger partial charge in [0.05, 0.1) is 0 Å². The minimum atomic E-state index is -0.762. The molecular weight excluding hydrogens is 781 g/mol. The van der Waals surface area contributed by atoms with E-state index in [2.05, 4.69) is 34.6 Å². The highest BCUT2D eigenvalue weighted by Gasteiger charge is 2.19. The van der Waals surface area contributed by atoms with Crippen molar-refractivity contribution in [3.8, 4) is 0 Å². The van der Waals surface area contributed by atoms with Crippen molar-refractivity contribution in [3.63, 3.8) is 0 Å². The van der Waals surface area contributed by atoms with Gasteiger partial charge in [0.1, 0.15) is 13.2 Å². The Labute approximate surface area is 393 Å². The first-order valence-electron chi connectivity index (χ1n) is 28.2. The number of carbonyl (C=O) groups is 3. The molecule has 0 unspecified atom stereocenters. The summed E-state index contributed by atoms with van der Waals surface area (Å²) in [5.41, 5.74) is 0. The fourth-order valence-electron chi connectivity index (χ4n) is 8.70. The van der Waals surface area contributed by atoms with Crippen LogP contribution in [0.3, 0.4) is 0 Å². The third-order valence-corrected chi connectivity index (χ3v) is 13.0. The maximum absolute atomic E-state index is 12.8. The molecule has 0 radical (unpaired) electrons. The first kappa shape index (κ1) is 61.4. The van der Waals surface area contributed by atoms with E-state index in [1.54, 1.807) is 0 Å². The zero-order valence-corrected chi connectivity index (χ0v) is 43.2. The molecule has 0 amide bonds. The predicted molar refractivity (Wildman–Crippen MR) is 270 cm³/mol. The van der Waals surface area contributed by atoms with Crippen molar-refractivity contribution in [2.75, 3.05) is 13.2 Å². The fraction of sp³-hybridized carbons (Fsp3) is 0.947. The van der Waals surface area contributed by atoms with Crippen molar-refractivity contribution in [2.45, 2.75) is 323 Å². The molecule has 0 spiro atoms. The number of carbonyl (C=O) groups excluding carboxylic acids is 3. The van der Waals surface area contributed by atoms with Crippen LogP contribution in [0.15, 0.2) is 0 Å². The Hall–Kier alpha value is -1.59. The van der Waals surface area contributed by atoms with Crippen LogP contribution in [0.1, 0.15) is 317 Å². The average molecular weight is 892 g/mol. The lowest BCUT2D eigenvalue weighted by Crippen LogP contribution is -2.30. The van der Waals surface area contributed by atoms with Gasteiger partial charge >= 0.3 is 17.9 Å². The van der Waals surface area contributed by atoms with Gasteiger partial charge in [-0.3, -0.25) is 14.4 Å². The van der Waals surface area contributed by atoms with Crippen LogP contribution in [-0.2, 0) is 28.6 Å². The molecule has 0 aliphatic rings. The van der Waals surface area contributed by atoms with Crippen molar-refractivity contribution in [1.29, 1.82) is 0 Å². The largest absolute Gasteiger partial charge is 0.462 e. The Kier molecular flexibility index (Phi) is 48.6. The number of hydrogen-bond acceptors (Lipinski definition) is 6. The average Bonchev–Trinajstić information content (AvgIpc) is 3.25. The molecule has 0 aliphatic heterocycles. The molecule has 374 valence electrons. The summed E-state index contributed by atoms with van der Waals surface area (Å²) in [4.78, 5) is 38.1. The number of rotatable bonds is 51. The second kappa shape index (κ2) is 49.8. The van der Waals surface area contributed by atoms with E-state index in [1.807, 2.05) is 0 Å². The summed E-state index contributed by atoms with van der Waals surface area (Å²) in [6.07, 6.45) is 52.3. The van der Waals surface area contributed by atoms with Crippen LogP contribution in [0.5, 0.6) is 0 Å². The zero-order chi connectivity index (χ0) is 46.1. The Bertz CT molecular complexity index is 962. The van der Waals surface area contributed by atoms with E-state index in [4.69, 9.17) is 14.2 Å². The lowest BCUT2D eigenvalue weighted by Gasteiger charge is -2.18. The molecule has 0 aromatic rings. The molecule has 0 aromatic heterocycles. The smallest absolute Gasteiger partial charge is 0.306 e. The summed E-state index contributed by atoms with van der Waals surface area (Å²) < 4.78 is 16.9. The number of ether oxygens (including phenoxy) is 3. The maximum atomic E-state index is 12.8. The first-order valence-corrected chi connectivity index (χ1v) is 28.2. The number of unbranched alkanes of at least 4 members (excludes halogenated alkanes) is 36. The molecule has 0 aliphatic carbocycles. The third kappa shape index (κ3) is 51.3. The molecule has 0 bridgehead atoms. The van der Waals surface area contributed by atoms with Crippen LogP contribution in [0.2, 0.25) is 0 Å². The van der Waals surface area contributed by atoms with Gasteiger partial charge in [0.15, 0.2) is 6.10 Å². The van der Waals surface area contributed by atoms with Crippen LogP contribution in [0, 0.1) is 11.8 Å². The van der Waals surface area contributed by atoms with Gasteiger partial charge in [0.25, 0.3) is 0 Å². The molecule has 6 heteroatoms. The van der Waals surface area contributed by atoms with Crippen molar-refractivity contribution in [1.82, 2.24) is 0 Å². The van der Waals surface area contributed by atoms with E-state index >= 15 is 0 Å². The summed E-state index contributed by atoms with van der Waals surface area (Å²) in [7, 11) is 0. The van der Waals surface area contributed by atoms with Crippen molar-refractivity contribution < 1.29 is 28.6 Å². The Morgan fingerprint density at radius 1 is 0.302 bits per heavy atom. The zero-order valence-electron chi connectivity index (χ0n) is 43.2. The molecule has 6 nitrogen and oxygen atoms in total. The van der Waals surface area contributed by atoms with Crippen molar-refractivity contribution in [2.24, 2.45) is 11.8 Å². The standard InChI is InChI=1S/C57H110O6/c1-6-7-8-9-10-11-12-16-22-27-32-37-42-47-55(58)61-50-54(63-57(60)49-44-39-34-29-24-19-21-26-31-36-41-46-53(4)5)51-62-56(59)48-43-38-33-28-23-18-15-13-14-17-20-25-30-35-40-45-52(2)3/h52-54H,6-51H2,1-5H3/t54-/m0/s1. The van der Waals surface area contributed by atoms with Crippen molar-refractivity contribution in [3.05, 3.63) is 0 Å². The van der Waals surface area contributed by atoms with Gasteiger partial charge in [0, 0.05) is 19.3 Å². The molecular formula is C57H110O6. The van der Waals surface area contributed by atoms with E-state index in [0.29, 0.717) is 19.3 Å². The van der Waals surface area contributed by atoms with Crippen LogP contribution >= 0.6 is 0 Å². The summed E-state index contributed by atoms with van der Waals surface area (Å²) >= 11 is 0.